The van der Waals surface area contributed by atoms with E-state index >= 15 is 0 Å². The predicted octanol–water partition coefficient (Wildman–Crippen LogP) is 2.28. The molecule has 4 rings (SSSR count). The number of rotatable bonds is 2. The molecule has 3 heterocycles. The van der Waals surface area contributed by atoms with Gasteiger partial charge in [-0.2, -0.15) is 0 Å². The summed E-state index contributed by atoms with van der Waals surface area (Å²) in [7, 11) is 0. The van der Waals surface area contributed by atoms with Crippen LogP contribution in [0.25, 0.3) is 0 Å². The lowest BCUT2D eigenvalue weighted by molar-refractivity contribution is 0.0727. The maximum Gasteiger partial charge on any atom is 0.274 e. The molecule has 0 N–H and O–H groups in total. The third-order valence-electron chi connectivity index (χ3n) is 4.72. The molecule has 5 heteroatoms. The van der Waals surface area contributed by atoms with Crippen LogP contribution in [0.15, 0.2) is 36.4 Å². The summed E-state index contributed by atoms with van der Waals surface area (Å²) >= 11 is 0. The summed E-state index contributed by atoms with van der Waals surface area (Å²) < 4.78 is 0. The fourth-order valence-corrected chi connectivity index (χ4v) is 3.39. The Balaban J connectivity index is 1.49. The second-order valence-electron chi connectivity index (χ2n) is 6.22. The Morgan fingerprint density at radius 3 is 2.43 bits per heavy atom. The van der Waals surface area contributed by atoms with Crippen molar-refractivity contribution in [2.75, 3.05) is 24.5 Å². The van der Waals surface area contributed by atoms with Crippen LogP contribution in [0.4, 0.5) is 5.82 Å². The first kappa shape index (κ1) is 14.2. The van der Waals surface area contributed by atoms with Crippen LogP contribution in [-0.4, -0.2) is 40.6 Å². The van der Waals surface area contributed by atoms with Crippen molar-refractivity contribution in [2.24, 2.45) is 0 Å². The zero-order chi connectivity index (χ0) is 15.6. The molecule has 23 heavy (non-hydrogen) atoms. The minimum atomic E-state index is -0.0278. The lowest BCUT2D eigenvalue weighted by Gasteiger charge is -2.28. The van der Waals surface area contributed by atoms with Crippen molar-refractivity contribution in [3.8, 4) is 0 Å². The molecule has 1 fully saturated rings. The van der Waals surface area contributed by atoms with E-state index < -0.39 is 0 Å². The Morgan fingerprint density at radius 2 is 1.70 bits per heavy atom. The van der Waals surface area contributed by atoms with Crippen LogP contribution in [0.3, 0.4) is 0 Å². The topological polar surface area (TPSA) is 49.3 Å². The van der Waals surface area contributed by atoms with Gasteiger partial charge in [0.05, 0.1) is 0 Å². The number of amides is 1. The molecule has 0 atom stereocenters. The average Bonchev–Trinajstić information content (AvgIpc) is 3.15. The predicted molar refractivity (Wildman–Crippen MR) is 88.4 cm³/mol. The number of benzene rings is 1. The summed E-state index contributed by atoms with van der Waals surface area (Å²) in [5, 5.41) is 8.42. The van der Waals surface area contributed by atoms with Crippen molar-refractivity contribution in [1.82, 2.24) is 15.1 Å². The van der Waals surface area contributed by atoms with E-state index in [0.29, 0.717) is 12.2 Å². The van der Waals surface area contributed by atoms with Crippen LogP contribution in [0.5, 0.6) is 0 Å². The van der Waals surface area contributed by atoms with Gasteiger partial charge in [-0.05, 0) is 42.5 Å². The Kier molecular flexibility index (Phi) is 3.69. The second kappa shape index (κ2) is 5.99. The number of hydrogen-bond acceptors (Lipinski definition) is 4. The molecule has 0 bridgehead atoms. The molecule has 2 aliphatic heterocycles. The van der Waals surface area contributed by atoms with Gasteiger partial charge in [-0.15, -0.1) is 10.2 Å². The highest BCUT2D eigenvalue weighted by atomic mass is 16.2. The smallest absolute Gasteiger partial charge is 0.274 e. The lowest BCUT2D eigenvalue weighted by atomic mass is 10.00. The minimum absolute atomic E-state index is 0.0278. The SMILES string of the molecule is O=C(c1ccc(N2CCCC2)nn1)N1CCc2ccccc2C1. The van der Waals surface area contributed by atoms with E-state index in [1.165, 1.54) is 24.0 Å². The van der Waals surface area contributed by atoms with Crippen LogP contribution in [0, 0.1) is 0 Å². The van der Waals surface area contributed by atoms with E-state index in [9.17, 15) is 4.79 Å². The average molecular weight is 308 g/mol. The molecule has 0 saturated carbocycles. The maximum atomic E-state index is 12.7. The Labute approximate surface area is 135 Å². The summed E-state index contributed by atoms with van der Waals surface area (Å²) in [6.45, 7) is 3.46. The fourth-order valence-electron chi connectivity index (χ4n) is 3.39. The maximum absolute atomic E-state index is 12.7. The van der Waals surface area contributed by atoms with E-state index in [1.54, 1.807) is 0 Å². The number of carbonyl (C=O) groups is 1. The van der Waals surface area contributed by atoms with E-state index in [-0.39, 0.29) is 5.91 Å². The van der Waals surface area contributed by atoms with Crippen molar-refractivity contribution >= 4 is 11.7 Å². The minimum Gasteiger partial charge on any atom is -0.355 e. The number of anilines is 1. The van der Waals surface area contributed by atoms with Gasteiger partial charge in [-0.25, -0.2) is 0 Å². The van der Waals surface area contributed by atoms with Crippen LogP contribution >= 0.6 is 0 Å². The molecular formula is C18H20N4O. The molecule has 1 aromatic heterocycles. The monoisotopic (exact) mass is 308 g/mol. The fraction of sp³-hybridized carbons (Fsp3) is 0.389. The number of nitrogens with zero attached hydrogens (tertiary/aromatic N) is 4. The van der Waals surface area contributed by atoms with Gasteiger partial charge < -0.3 is 9.80 Å². The van der Waals surface area contributed by atoms with Crippen LogP contribution in [0.1, 0.15) is 34.5 Å². The first-order valence-corrected chi connectivity index (χ1v) is 8.26. The first-order valence-electron chi connectivity index (χ1n) is 8.26. The van der Waals surface area contributed by atoms with Gasteiger partial charge in [0.15, 0.2) is 11.5 Å². The Morgan fingerprint density at radius 1 is 0.913 bits per heavy atom. The molecule has 2 aromatic rings. The van der Waals surface area contributed by atoms with Crippen LogP contribution < -0.4 is 4.90 Å². The molecule has 1 aromatic carbocycles. The number of aromatic nitrogens is 2. The van der Waals surface area contributed by atoms with Gasteiger partial charge in [0.2, 0.25) is 0 Å². The first-order chi connectivity index (χ1) is 11.3. The summed E-state index contributed by atoms with van der Waals surface area (Å²) in [5.74, 6) is 0.850. The van der Waals surface area contributed by atoms with Crippen LogP contribution in [0.2, 0.25) is 0 Å². The summed E-state index contributed by atoms with van der Waals surface area (Å²) in [5.41, 5.74) is 3.01. The summed E-state index contributed by atoms with van der Waals surface area (Å²) in [6.07, 6.45) is 3.31. The largest absolute Gasteiger partial charge is 0.355 e. The summed E-state index contributed by atoms with van der Waals surface area (Å²) in [6, 6.07) is 12.0. The van der Waals surface area contributed by atoms with E-state index in [4.69, 9.17) is 0 Å². The number of hydrogen-bond donors (Lipinski definition) is 0. The Bertz CT molecular complexity index is 707. The van der Waals surface area contributed by atoms with Crippen molar-refractivity contribution in [1.29, 1.82) is 0 Å². The van der Waals surface area contributed by atoms with Crippen molar-refractivity contribution in [2.45, 2.75) is 25.8 Å². The molecular weight excluding hydrogens is 288 g/mol. The van der Waals surface area contributed by atoms with Crippen molar-refractivity contribution in [3.63, 3.8) is 0 Å². The van der Waals surface area contributed by atoms with Gasteiger partial charge in [-0.3, -0.25) is 4.79 Å². The third kappa shape index (κ3) is 2.79. The molecule has 1 amide bonds. The second-order valence-corrected chi connectivity index (χ2v) is 6.22. The highest BCUT2D eigenvalue weighted by Crippen LogP contribution is 2.21. The van der Waals surface area contributed by atoms with Gasteiger partial charge in [0, 0.05) is 26.2 Å². The van der Waals surface area contributed by atoms with Crippen LogP contribution in [-0.2, 0) is 13.0 Å². The molecule has 1 saturated heterocycles. The summed E-state index contributed by atoms with van der Waals surface area (Å²) in [4.78, 5) is 16.7. The normalized spacial score (nSPS) is 17.2. The molecule has 2 aliphatic rings. The molecule has 5 nitrogen and oxygen atoms in total. The number of fused-ring (bicyclic) bond motifs is 1. The quantitative estimate of drug-likeness (QED) is 0.854. The Hall–Kier alpha value is -2.43. The molecule has 0 spiro atoms. The van der Waals surface area contributed by atoms with Gasteiger partial charge in [-0.1, -0.05) is 24.3 Å². The third-order valence-corrected chi connectivity index (χ3v) is 4.72. The number of carbonyl (C=O) groups excluding carboxylic acids is 1. The highest BCUT2D eigenvalue weighted by molar-refractivity contribution is 5.92. The molecule has 0 radical (unpaired) electrons. The molecule has 118 valence electrons. The van der Waals surface area contributed by atoms with Gasteiger partial charge in [0.1, 0.15) is 0 Å². The van der Waals surface area contributed by atoms with E-state index in [2.05, 4.69) is 33.3 Å². The zero-order valence-electron chi connectivity index (χ0n) is 13.1. The zero-order valence-corrected chi connectivity index (χ0v) is 13.1. The van der Waals surface area contributed by atoms with Gasteiger partial charge >= 0.3 is 0 Å². The highest BCUT2D eigenvalue weighted by Gasteiger charge is 2.23. The molecule has 0 unspecified atom stereocenters. The lowest BCUT2D eigenvalue weighted by Crippen LogP contribution is -2.36. The van der Waals surface area contributed by atoms with E-state index in [1.807, 2.05) is 23.1 Å². The van der Waals surface area contributed by atoms with Crippen molar-refractivity contribution in [3.05, 3.63) is 53.2 Å². The van der Waals surface area contributed by atoms with Crippen molar-refractivity contribution < 1.29 is 4.79 Å². The van der Waals surface area contributed by atoms with E-state index in [0.717, 1.165) is 31.9 Å². The molecule has 0 aliphatic carbocycles. The van der Waals surface area contributed by atoms with Gasteiger partial charge in [0.25, 0.3) is 5.91 Å². The standard InChI is InChI=1S/C18H20N4O/c23-18(22-12-9-14-5-1-2-6-15(14)13-22)16-7-8-17(20-19-16)21-10-3-4-11-21/h1-2,5-8H,3-4,9-13H2.